The van der Waals surface area contributed by atoms with Gasteiger partial charge in [0.1, 0.15) is 5.82 Å². The normalized spacial score (nSPS) is 17.8. The van der Waals surface area contributed by atoms with Crippen molar-refractivity contribution in [1.82, 2.24) is 9.88 Å². The molecule has 5 heteroatoms. The lowest BCUT2D eigenvalue weighted by molar-refractivity contribution is -0.130. The molecular formula is C20H26N4O. The van der Waals surface area contributed by atoms with E-state index in [2.05, 4.69) is 23.3 Å². The Morgan fingerprint density at radius 3 is 2.84 bits per heavy atom. The number of benzene rings is 1. The summed E-state index contributed by atoms with van der Waals surface area (Å²) >= 11 is 0. The van der Waals surface area contributed by atoms with Crippen LogP contribution in [0.4, 0.5) is 11.5 Å². The molecule has 1 aliphatic rings. The Labute approximate surface area is 149 Å². The number of aryl methyl sites for hydroxylation is 1. The smallest absolute Gasteiger partial charge is 0.227 e. The van der Waals surface area contributed by atoms with Crippen LogP contribution < -0.4 is 11.1 Å². The lowest BCUT2D eigenvalue weighted by Crippen LogP contribution is -2.34. The van der Waals surface area contributed by atoms with Crippen molar-refractivity contribution in [2.24, 2.45) is 0 Å². The minimum Gasteiger partial charge on any atom is -0.384 e. The number of pyridine rings is 1. The SMILES string of the molecule is Cc1ccccc1CC(=O)N1CCCC(Nc2ccc(N)nc2)CC1. The number of nitrogen functional groups attached to an aromatic ring is 1. The van der Waals surface area contributed by atoms with Gasteiger partial charge >= 0.3 is 0 Å². The number of rotatable bonds is 4. The van der Waals surface area contributed by atoms with Gasteiger partial charge in [0.25, 0.3) is 0 Å². The maximum absolute atomic E-state index is 12.7. The molecule has 0 saturated carbocycles. The molecule has 2 heterocycles. The third kappa shape index (κ3) is 4.72. The number of nitrogens with two attached hydrogens (primary N) is 1. The molecule has 1 amide bonds. The van der Waals surface area contributed by atoms with Gasteiger partial charge in [0.2, 0.25) is 5.91 Å². The van der Waals surface area contributed by atoms with Crippen molar-refractivity contribution in [3.05, 3.63) is 53.7 Å². The molecule has 2 aromatic rings. The van der Waals surface area contributed by atoms with Gasteiger partial charge < -0.3 is 16.0 Å². The van der Waals surface area contributed by atoms with E-state index in [1.807, 2.05) is 29.2 Å². The molecule has 1 saturated heterocycles. The van der Waals surface area contributed by atoms with Gasteiger partial charge in [0.15, 0.2) is 0 Å². The Bertz CT molecular complexity index is 714. The first kappa shape index (κ1) is 17.3. The molecule has 0 spiro atoms. The molecule has 3 rings (SSSR count). The van der Waals surface area contributed by atoms with Crippen molar-refractivity contribution >= 4 is 17.4 Å². The molecule has 25 heavy (non-hydrogen) atoms. The number of anilines is 2. The highest BCUT2D eigenvalue weighted by molar-refractivity contribution is 5.79. The Balaban J connectivity index is 1.55. The summed E-state index contributed by atoms with van der Waals surface area (Å²) in [7, 11) is 0. The van der Waals surface area contributed by atoms with Gasteiger partial charge in [0, 0.05) is 19.1 Å². The molecule has 1 fully saturated rings. The molecule has 132 valence electrons. The first-order valence-corrected chi connectivity index (χ1v) is 8.92. The van der Waals surface area contributed by atoms with Gasteiger partial charge in [0.05, 0.1) is 18.3 Å². The third-order valence-corrected chi connectivity index (χ3v) is 4.84. The van der Waals surface area contributed by atoms with E-state index in [9.17, 15) is 4.79 Å². The maximum atomic E-state index is 12.7. The number of carbonyl (C=O) groups is 1. The monoisotopic (exact) mass is 338 g/mol. The van der Waals surface area contributed by atoms with Crippen LogP contribution in [0, 0.1) is 6.92 Å². The predicted molar refractivity (Wildman–Crippen MR) is 101 cm³/mol. The second-order valence-electron chi connectivity index (χ2n) is 6.73. The molecule has 1 aliphatic heterocycles. The predicted octanol–water partition coefficient (Wildman–Crippen LogP) is 3.01. The van der Waals surface area contributed by atoms with Crippen LogP contribution in [-0.4, -0.2) is 34.9 Å². The highest BCUT2D eigenvalue weighted by Gasteiger charge is 2.21. The molecule has 5 nitrogen and oxygen atoms in total. The lowest BCUT2D eigenvalue weighted by Gasteiger charge is -2.21. The van der Waals surface area contributed by atoms with Crippen molar-refractivity contribution in [3.63, 3.8) is 0 Å². The molecule has 0 aliphatic carbocycles. The Kier molecular flexibility index (Phi) is 5.53. The van der Waals surface area contributed by atoms with Crippen LogP contribution in [0.3, 0.4) is 0 Å². The molecule has 1 aromatic carbocycles. The summed E-state index contributed by atoms with van der Waals surface area (Å²) in [6.45, 7) is 3.69. The number of aromatic nitrogens is 1. The van der Waals surface area contributed by atoms with E-state index in [0.29, 0.717) is 18.3 Å². The lowest BCUT2D eigenvalue weighted by atomic mass is 10.1. The average Bonchev–Trinajstić information content (AvgIpc) is 2.85. The number of nitrogens with one attached hydrogen (secondary N) is 1. The molecule has 3 N–H and O–H groups in total. The van der Waals surface area contributed by atoms with Gasteiger partial charge in [-0.1, -0.05) is 24.3 Å². The van der Waals surface area contributed by atoms with E-state index in [4.69, 9.17) is 5.73 Å². The van der Waals surface area contributed by atoms with Crippen molar-refractivity contribution < 1.29 is 4.79 Å². The highest BCUT2D eigenvalue weighted by atomic mass is 16.2. The van der Waals surface area contributed by atoms with Crippen LogP contribution in [-0.2, 0) is 11.2 Å². The standard InChI is InChI=1S/C20H26N4O/c1-15-5-2-3-6-16(15)13-20(25)24-11-4-7-17(10-12-24)23-18-8-9-19(21)22-14-18/h2-3,5-6,8-9,14,17,23H,4,7,10-13H2,1H3,(H2,21,22). The van der Waals surface area contributed by atoms with Crippen LogP contribution in [0.5, 0.6) is 0 Å². The van der Waals surface area contributed by atoms with Gasteiger partial charge in [-0.05, 0) is 49.4 Å². The van der Waals surface area contributed by atoms with Gasteiger partial charge in [-0.15, -0.1) is 0 Å². The number of hydrogen-bond donors (Lipinski definition) is 2. The quantitative estimate of drug-likeness (QED) is 0.899. The fraction of sp³-hybridized carbons (Fsp3) is 0.400. The Morgan fingerprint density at radius 1 is 1.24 bits per heavy atom. The van der Waals surface area contributed by atoms with Crippen LogP contribution in [0.2, 0.25) is 0 Å². The van der Waals surface area contributed by atoms with Crippen LogP contribution >= 0.6 is 0 Å². The van der Waals surface area contributed by atoms with Crippen LogP contribution in [0.25, 0.3) is 0 Å². The molecule has 1 aromatic heterocycles. The van der Waals surface area contributed by atoms with E-state index in [1.54, 1.807) is 12.3 Å². The summed E-state index contributed by atoms with van der Waals surface area (Å²) in [5.41, 5.74) is 8.92. The fourth-order valence-electron chi connectivity index (χ4n) is 3.30. The minimum atomic E-state index is 0.226. The number of hydrogen-bond acceptors (Lipinski definition) is 4. The zero-order valence-electron chi connectivity index (χ0n) is 14.7. The van der Waals surface area contributed by atoms with E-state index >= 15 is 0 Å². The number of nitrogens with zero attached hydrogens (tertiary/aromatic N) is 2. The summed E-state index contributed by atoms with van der Waals surface area (Å²) < 4.78 is 0. The summed E-state index contributed by atoms with van der Waals surface area (Å²) in [5.74, 6) is 0.753. The van der Waals surface area contributed by atoms with E-state index in [-0.39, 0.29) is 5.91 Å². The number of likely N-dealkylation sites (tertiary alicyclic amines) is 1. The zero-order chi connectivity index (χ0) is 17.6. The Hall–Kier alpha value is -2.56. The second kappa shape index (κ2) is 8.01. The van der Waals surface area contributed by atoms with E-state index < -0.39 is 0 Å². The van der Waals surface area contributed by atoms with Gasteiger partial charge in [-0.2, -0.15) is 0 Å². The summed E-state index contributed by atoms with van der Waals surface area (Å²) in [6.07, 6.45) is 5.27. The van der Waals surface area contributed by atoms with Crippen molar-refractivity contribution in [2.45, 2.75) is 38.6 Å². The van der Waals surface area contributed by atoms with Crippen molar-refractivity contribution in [1.29, 1.82) is 0 Å². The number of amides is 1. The largest absolute Gasteiger partial charge is 0.384 e. The fourth-order valence-corrected chi connectivity index (χ4v) is 3.30. The van der Waals surface area contributed by atoms with Gasteiger partial charge in [-0.25, -0.2) is 4.98 Å². The average molecular weight is 338 g/mol. The number of carbonyl (C=O) groups excluding carboxylic acids is 1. The minimum absolute atomic E-state index is 0.226. The summed E-state index contributed by atoms with van der Waals surface area (Å²) in [6, 6.07) is 12.2. The maximum Gasteiger partial charge on any atom is 0.227 e. The topological polar surface area (TPSA) is 71.2 Å². The second-order valence-corrected chi connectivity index (χ2v) is 6.73. The molecule has 0 radical (unpaired) electrons. The zero-order valence-corrected chi connectivity index (χ0v) is 14.7. The van der Waals surface area contributed by atoms with Crippen molar-refractivity contribution in [2.75, 3.05) is 24.1 Å². The third-order valence-electron chi connectivity index (χ3n) is 4.84. The molecular weight excluding hydrogens is 312 g/mol. The molecule has 0 bridgehead atoms. The molecule has 1 unspecified atom stereocenters. The van der Waals surface area contributed by atoms with Crippen LogP contribution in [0.15, 0.2) is 42.6 Å². The summed E-state index contributed by atoms with van der Waals surface area (Å²) in [5, 5.41) is 3.51. The first-order valence-electron chi connectivity index (χ1n) is 8.92. The van der Waals surface area contributed by atoms with E-state index in [1.165, 1.54) is 5.56 Å². The summed E-state index contributed by atoms with van der Waals surface area (Å²) in [4.78, 5) is 18.8. The van der Waals surface area contributed by atoms with Crippen molar-refractivity contribution in [3.8, 4) is 0 Å². The Morgan fingerprint density at radius 2 is 2.08 bits per heavy atom. The highest BCUT2D eigenvalue weighted by Crippen LogP contribution is 2.18. The van der Waals surface area contributed by atoms with Crippen LogP contribution in [0.1, 0.15) is 30.4 Å². The first-order chi connectivity index (χ1) is 12.1. The van der Waals surface area contributed by atoms with Gasteiger partial charge in [-0.3, -0.25) is 4.79 Å². The van der Waals surface area contributed by atoms with E-state index in [0.717, 1.165) is 43.6 Å². The molecule has 1 atom stereocenters.